The monoisotopic (exact) mass is 237 g/mol. The fourth-order valence-corrected chi connectivity index (χ4v) is 2.22. The maximum absolute atomic E-state index is 11.9. The average Bonchev–Trinajstić information content (AvgIpc) is 2.68. The molecular formula is C12H19N3O2. The van der Waals surface area contributed by atoms with Crippen molar-refractivity contribution in [3.63, 3.8) is 0 Å². The van der Waals surface area contributed by atoms with E-state index in [1.54, 1.807) is 0 Å². The molecule has 2 rings (SSSR count). The minimum atomic E-state index is -0.110. The third kappa shape index (κ3) is 2.66. The molecule has 1 aliphatic heterocycles. The van der Waals surface area contributed by atoms with E-state index in [-0.39, 0.29) is 11.5 Å². The number of nitrogens with two attached hydrogens (primary N) is 1. The SMILES string of the molecule is CC(C)c1c(N)nc(CC2CCOC2)[nH]c1=O. The third-order valence-corrected chi connectivity index (χ3v) is 3.12. The molecule has 0 radical (unpaired) electrons. The summed E-state index contributed by atoms with van der Waals surface area (Å²) in [5.41, 5.74) is 6.31. The standard InChI is InChI=1S/C12H19N3O2/c1-7(2)10-11(13)14-9(15-12(10)16)5-8-3-4-17-6-8/h7-8H,3-6H2,1-2H3,(H3,13,14,15,16). The quantitative estimate of drug-likeness (QED) is 0.823. The van der Waals surface area contributed by atoms with Gasteiger partial charge in [0.25, 0.3) is 5.56 Å². The summed E-state index contributed by atoms with van der Waals surface area (Å²) >= 11 is 0. The molecule has 1 saturated heterocycles. The van der Waals surface area contributed by atoms with E-state index in [2.05, 4.69) is 9.97 Å². The molecule has 1 aromatic heterocycles. The van der Waals surface area contributed by atoms with Crippen LogP contribution in [0.1, 0.15) is 37.6 Å². The fourth-order valence-electron chi connectivity index (χ4n) is 2.22. The van der Waals surface area contributed by atoms with Gasteiger partial charge in [-0.25, -0.2) is 4.98 Å². The molecule has 2 heterocycles. The molecule has 94 valence electrons. The Morgan fingerprint density at radius 1 is 1.59 bits per heavy atom. The second-order valence-corrected chi connectivity index (χ2v) is 4.90. The number of aromatic amines is 1. The van der Waals surface area contributed by atoms with E-state index in [1.807, 2.05) is 13.8 Å². The van der Waals surface area contributed by atoms with Gasteiger partial charge in [-0.2, -0.15) is 0 Å². The molecule has 5 nitrogen and oxygen atoms in total. The van der Waals surface area contributed by atoms with Crippen molar-refractivity contribution in [2.75, 3.05) is 18.9 Å². The Balaban J connectivity index is 2.22. The molecule has 1 unspecified atom stereocenters. The number of nitrogens with zero attached hydrogens (tertiary/aromatic N) is 1. The molecule has 17 heavy (non-hydrogen) atoms. The second kappa shape index (κ2) is 4.87. The van der Waals surface area contributed by atoms with E-state index >= 15 is 0 Å². The first kappa shape index (κ1) is 12.1. The van der Waals surface area contributed by atoms with Crippen LogP contribution in [0.25, 0.3) is 0 Å². The number of ether oxygens (including phenoxy) is 1. The van der Waals surface area contributed by atoms with Gasteiger partial charge in [-0.1, -0.05) is 13.8 Å². The van der Waals surface area contributed by atoms with Gasteiger partial charge in [-0.3, -0.25) is 4.79 Å². The van der Waals surface area contributed by atoms with Crippen molar-refractivity contribution in [3.8, 4) is 0 Å². The van der Waals surface area contributed by atoms with Crippen LogP contribution in [-0.2, 0) is 11.2 Å². The van der Waals surface area contributed by atoms with Gasteiger partial charge in [0.15, 0.2) is 0 Å². The Hall–Kier alpha value is -1.36. The normalized spacial score (nSPS) is 20.1. The Morgan fingerprint density at radius 3 is 2.88 bits per heavy atom. The van der Waals surface area contributed by atoms with Crippen LogP contribution in [0.2, 0.25) is 0 Å². The second-order valence-electron chi connectivity index (χ2n) is 4.90. The van der Waals surface area contributed by atoms with Crippen LogP contribution >= 0.6 is 0 Å². The molecule has 1 fully saturated rings. The van der Waals surface area contributed by atoms with Crippen LogP contribution in [-0.4, -0.2) is 23.2 Å². The predicted octanol–water partition coefficient (Wildman–Crippen LogP) is 1.05. The Kier molecular flexibility index (Phi) is 3.47. The van der Waals surface area contributed by atoms with Crippen molar-refractivity contribution in [2.45, 2.75) is 32.6 Å². The summed E-state index contributed by atoms with van der Waals surface area (Å²) in [6.07, 6.45) is 1.76. The summed E-state index contributed by atoms with van der Waals surface area (Å²) in [6.45, 7) is 5.42. The number of H-pyrrole nitrogens is 1. The lowest BCUT2D eigenvalue weighted by molar-refractivity contribution is 0.185. The molecule has 0 amide bonds. The Morgan fingerprint density at radius 2 is 2.35 bits per heavy atom. The highest BCUT2D eigenvalue weighted by molar-refractivity contribution is 5.39. The van der Waals surface area contributed by atoms with Gasteiger partial charge >= 0.3 is 0 Å². The van der Waals surface area contributed by atoms with Crippen LogP contribution in [0.3, 0.4) is 0 Å². The molecule has 0 saturated carbocycles. The van der Waals surface area contributed by atoms with E-state index in [9.17, 15) is 4.79 Å². The Bertz CT molecular complexity index is 448. The lowest BCUT2D eigenvalue weighted by Crippen LogP contribution is -2.22. The summed E-state index contributed by atoms with van der Waals surface area (Å²) in [6, 6.07) is 0. The summed E-state index contributed by atoms with van der Waals surface area (Å²) in [4.78, 5) is 19.0. The molecule has 1 aromatic rings. The fraction of sp³-hybridized carbons (Fsp3) is 0.667. The van der Waals surface area contributed by atoms with Crippen LogP contribution < -0.4 is 11.3 Å². The zero-order valence-corrected chi connectivity index (χ0v) is 10.3. The molecule has 3 N–H and O–H groups in total. The molecule has 1 atom stereocenters. The maximum Gasteiger partial charge on any atom is 0.256 e. The van der Waals surface area contributed by atoms with Gasteiger partial charge in [0.05, 0.1) is 5.56 Å². The lowest BCUT2D eigenvalue weighted by atomic mass is 10.0. The molecular weight excluding hydrogens is 218 g/mol. The third-order valence-electron chi connectivity index (χ3n) is 3.12. The van der Waals surface area contributed by atoms with E-state index in [0.29, 0.717) is 23.1 Å². The zero-order chi connectivity index (χ0) is 12.4. The number of rotatable bonds is 3. The number of hydrogen-bond acceptors (Lipinski definition) is 4. The van der Waals surface area contributed by atoms with Gasteiger partial charge in [-0.15, -0.1) is 0 Å². The van der Waals surface area contributed by atoms with E-state index in [4.69, 9.17) is 10.5 Å². The first-order chi connectivity index (χ1) is 8.08. The van der Waals surface area contributed by atoms with Gasteiger partial charge in [0.2, 0.25) is 0 Å². The smallest absolute Gasteiger partial charge is 0.256 e. The zero-order valence-electron chi connectivity index (χ0n) is 10.3. The van der Waals surface area contributed by atoms with Crippen molar-refractivity contribution in [1.29, 1.82) is 0 Å². The van der Waals surface area contributed by atoms with Gasteiger partial charge in [0, 0.05) is 19.6 Å². The number of hydrogen-bond donors (Lipinski definition) is 2. The van der Waals surface area contributed by atoms with Crippen LogP contribution in [0.4, 0.5) is 5.82 Å². The summed E-state index contributed by atoms with van der Waals surface area (Å²) in [5.74, 6) is 1.57. The molecule has 0 spiro atoms. The van der Waals surface area contributed by atoms with Crippen molar-refractivity contribution in [2.24, 2.45) is 5.92 Å². The molecule has 0 aromatic carbocycles. The van der Waals surface area contributed by atoms with Crippen molar-refractivity contribution in [1.82, 2.24) is 9.97 Å². The summed E-state index contributed by atoms with van der Waals surface area (Å²) in [7, 11) is 0. The van der Waals surface area contributed by atoms with Crippen molar-refractivity contribution < 1.29 is 4.74 Å². The largest absolute Gasteiger partial charge is 0.383 e. The first-order valence-electron chi connectivity index (χ1n) is 6.04. The highest BCUT2D eigenvalue weighted by Crippen LogP contribution is 2.18. The van der Waals surface area contributed by atoms with E-state index in [0.717, 1.165) is 26.1 Å². The van der Waals surface area contributed by atoms with Gasteiger partial charge in [-0.05, 0) is 18.3 Å². The minimum absolute atomic E-state index is 0.0927. The highest BCUT2D eigenvalue weighted by atomic mass is 16.5. The molecule has 0 bridgehead atoms. The molecule has 1 aliphatic rings. The molecule has 0 aliphatic carbocycles. The number of aromatic nitrogens is 2. The summed E-state index contributed by atoms with van der Waals surface area (Å²) in [5, 5.41) is 0. The Labute approximate surface area is 100 Å². The van der Waals surface area contributed by atoms with Crippen molar-refractivity contribution >= 4 is 5.82 Å². The lowest BCUT2D eigenvalue weighted by Gasteiger charge is -2.11. The minimum Gasteiger partial charge on any atom is -0.383 e. The number of nitrogen functional groups attached to an aromatic ring is 1. The number of anilines is 1. The van der Waals surface area contributed by atoms with E-state index < -0.39 is 0 Å². The van der Waals surface area contributed by atoms with Crippen molar-refractivity contribution in [3.05, 3.63) is 21.7 Å². The maximum atomic E-state index is 11.9. The van der Waals surface area contributed by atoms with Crippen LogP contribution in [0.5, 0.6) is 0 Å². The first-order valence-corrected chi connectivity index (χ1v) is 6.04. The van der Waals surface area contributed by atoms with Crippen LogP contribution in [0, 0.1) is 5.92 Å². The van der Waals surface area contributed by atoms with E-state index in [1.165, 1.54) is 0 Å². The average molecular weight is 237 g/mol. The predicted molar refractivity (Wildman–Crippen MR) is 66.0 cm³/mol. The topological polar surface area (TPSA) is 81.0 Å². The summed E-state index contributed by atoms with van der Waals surface area (Å²) < 4.78 is 5.30. The van der Waals surface area contributed by atoms with Crippen LogP contribution in [0.15, 0.2) is 4.79 Å². The van der Waals surface area contributed by atoms with Gasteiger partial charge < -0.3 is 15.5 Å². The molecule has 5 heteroatoms. The van der Waals surface area contributed by atoms with Gasteiger partial charge in [0.1, 0.15) is 11.6 Å². The number of nitrogens with one attached hydrogen (secondary N) is 1. The highest BCUT2D eigenvalue weighted by Gasteiger charge is 2.19.